The first-order valence-electron chi connectivity index (χ1n) is 10.1. The van der Waals surface area contributed by atoms with Crippen molar-refractivity contribution in [1.82, 2.24) is 9.80 Å². The summed E-state index contributed by atoms with van der Waals surface area (Å²) in [6.45, 7) is 2.71. The van der Waals surface area contributed by atoms with Crippen LogP contribution in [0.4, 0.5) is 8.78 Å². The Kier molecular flexibility index (Phi) is 4.03. The first-order valence-corrected chi connectivity index (χ1v) is 10.1. The molecule has 6 rings (SSSR count). The van der Waals surface area contributed by atoms with Crippen molar-refractivity contribution in [2.75, 3.05) is 19.6 Å². The van der Waals surface area contributed by atoms with Crippen molar-refractivity contribution < 1.29 is 13.6 Å². The predicted molar refractivity (Wildman–Crippen MR) is 94.6 cm³/mol. The van der Waals surface area contributed by atoms with Crippen LogP contribution in [0.25, 0.3) is 0 Å². The number of nitrogens with zero attached hydrogens (tertiary/aromatic N) is 2. The van der Waals surface area contributed by atoms with E-state index in [2.05, 4.69) is 9.80 Å². The van der Waals surface area contributed by atoms with E-state index in [9.17, 15) is 13.6 Å². The van der Waals surface area contributed by atoms with Gasteiger partial charge < -0.3 is 4.90 Å². The van der Waals surface area contributed by atoms with Gasteiger partial charge in [0, 0.05) is 30.5 Å². The summed E-state index contributed by atoms with van der Waals surface area (Å²) in [5.41, 5.74) is 0.715. The van der Waals surface area contributed by atoms with Gasteiger partial charge in [0.1, 0.15) is 11.6 Å². The zero-order valence-electron chi connectivity index (χ0n) is 15.0. The Morgan fingerprint density at radius 1 is 0.923 bits per heavy atom. The Labute approximate surface area is 153 Å². The van der Waals surface area contributed by atoms with Crippen LogP contribution in [0.5, 0.6) is 0 Å². The van der Waals surface area contributed by atoms with Crippen molar-refractivity contribution in [2.45, 2.75) is 56.5 Å². The summed E-state index contributed by atoms with van der Waals surface area (Å²) in [4.78, 5) is 17.8. The molecule has 1 amide bonds. The zero-order chi connectivity index (χ0) is 17.8. The van der Waals surface area contributed by atoms with E-state index < -0.39 is 11.6 Å². The van der Waals surface area contributed by atoms with E-state index in [0.29, 0.717) is 23.9 Å². The SMILES string of the molecule is O=C(C1CCCC1)N1C[C@H](c2cc(F)cc(F)c2)[C@H]2[C@@H]1C1CCN2CC1. The third-order valence-corrected chi connectivity index (χ3v) is 7.29. The number of carbonyl (C=O) groups excluding carboxylic acids is 1. The van der Waals surface area contributed by atoms with Gasteiger partial charge in [-0.3, -0.25) is 9.69 Å². The number of rotatable bonds is 2. The average molecular weight is 360 g/mol. The topological polar surface area (TPSA) is 23.6 Å². The molecular formula is C21H26F2N2O. The molecule has 4 heterocycles. The van der Waals surface area contributed by atoms with Crippen LogP contribution in [0, 0.1) is 23.5 Å². The predicted octanol–water partition coefficient (Wildman–Crippen LogP) is 3.54. The van der Waals surface area contributed by atoms with Crippen molar-refractivity contribution >= 4 is 5.91 Å². The molecule has 1 aromatic carbocycles. The van der Waals surface area contributed by atoms with Gasteiger partial charge >= 0.3 is 0 Å². The number of amides is 1. The quantitative estimate of drug-likeness (QED) is 0.805. The Morgan fingerprint density at radius 3 is 2.23 bits per heavy atom. The van der Waals surface area contributed by atoms with Gasteiger partial charge in [-0.2, -0.15) is 0 Å². The van der Waals surface area contributed by atoms with E-state index in [4.69, 9.17) is 0 Å². The van der Waals surface area contributed by atoms with Gasteiger partial charge in [-0.15, -0.1) is 0 Å². The lowest BCUT2D eigenvalue weighted by Crippen LogP contribution is -2.61. The number of hydrogen-bond acceptors (Lipinski definition) is 2. The third kappa shape index (κ3) is 2.58. The summed E-state index contributed by atoms with van der Waals surface area (Å²) in [5.74, 6) is -0.0293. The Balaban J connectivity index is 1.51. The standard InChI is InChI=1S/C21H26F2N2O/c22-16-9-15(10-17(23)11-16)18-12-25(21(26)14-3-1-2-4-14)19-13-5-7-24(8-6-13)20(18)19/h9-11,13-14,18-20H,1-8,12H2/t18-,19+,20+/m1/s1. The zero-order valence-corrected chi connectivity index (χ0v) is 15.0. The third-order valence-electron chi connectivity index (χ3n) is 7.29. The Bertz CT molecular complexity index is 690. The minimum absolute atomic E-state index is 0.0126. The molecule has 0 unspecified atom stereocenters. The number of piperidine rings is 3. The molecule has 1 saturated carbocycles. The summed E-state index contributed by atoms with van der Waals surface area (Å²) >= 11 is 0. The van der Waals surface area contributed by atoms with Crippen LogP contribution in [-0.4, -0.2) is 47.4 Å². The van der Waals surface area contributed by atoms with Crippen molar-refractivity contribution in [3.05, 3.63) is 35.4 Å². The molecule has 5 aliphatic rings. The number of likely N-dealkylation sites (tertiary alicyclic amines) is 1. The van der Waals surface area contributed by atoms with Gasteiger partial charge in [0.05, 0.1) is 6.04 Å². The smallest absolute Gasteiger partial charge is 0.226 e. The highest BCUT2D eigenvalue weighted by Crippen LogP contribution is 2.47. The number of fused-ring (bicyclic) bond motifs is 2. The minimum Gasteiger partial charge on any atom is -0.337 e. The molecule has 5 fully saturated rings. The van der Waals surface area contributed by atoms with E-state index in [1.807, 2.05) is 0 Å². The Morgan fingerprint density at radius 2 is 1.58 bits per heavy atom. The van der Waals surface area contributed by atoms with E-state index in [1.54, 1.807) is 0 Å². The van der Waals surface area contributed by atoms with Crippen LogP contribution >= 0.6 is 0 Å². The fourth-order valence-corrected chi connectivity index (χ4v) is 6.16. The molecule has 1 aromatic rings. The number of benzene rings is 1. The highest BCUT2D eigenvalue weighted by Gasteiger charge is 2.55. The molecule has 1 aliphatic carbocycles. The van der Waals surface area contributed by atoms with Crippen molar-refractivity contribution in [1.29, 1.82) is 0 Å². The second-order valence-electron chi connectivity index (χ2n) is 8.64. The van der Waals surface area contributed by atoms with Gasteiger partial charge in [0.15, 0.2) is 0 Å². The van der Waals surface area contributed by atoms with Crippen molar-refractivity contribution in [3.63, 3.8) is 0 Å². The van der Waals surface area contributed by atoms with E-state index in [1.165, 1.54) is 12.1 Å². The lowest BCUT2D eigenvalue weighted by atomic mass is 9.75. The molecular weight excluding hydrogens is 334 g/mol. The number of halogens is 2. The molecule has 26 heavy (non-hydrogen) atoms. The average Bonchev–Trinajstić information content (AvgIpc) is 3.30. The molecule has 0 aromatic heterocycles. The van der Waals surface area contributed by atoms with Crippen LogP contribution in [-0.2, 0) is 4.79 Å². The second-order valence-corrected chi connectivity index (χ2v) is 8.64. The maximum Gasteiger partial charge on any atom is 0.226 e. The fourth-order valence-electron chi connectivity index (χ4n) is 6.16. The molecule has 140 valence electrons. The van der Waals surface area contributed by atoms with Crippen LogP contribution < -0.4 is 0 Å². The largest absolute Gasteiger partial charge is 0.337 e. The summed E-state index contributed by atoms with van der Waals surface area (Å²) in [5, 5.41) is 0. The normalized spacial score (nSPS) is 36.5. The molecule has 5 heteroatoms. The summed E-state index contributed by atoms with van der Waals surface area (Å²) < 4.78 is 27.7. The maximum atomic E-state index is 13.9. The molecule has 0 spiro atoms. The summed E-state index contributed by atoms with van der Waals surface area (Å²) in [6.07, 6.45) is 6.57. The highest BCUT2D eigenvalue weighted by atomic mass is 19.1. The highest BCUT2D eigenvalue weighted by molar-refractivity contribution is 5.80. The maximum absolute atomic E-state index is 13.9. The van der Waals surface area contributed by atoms with Crippen LogP contribution in [0.15, 0.2) is 18.2 Å². The molecule has 3 nitrogen and oxygen atoms in total. The van der Waals surface area contributed by atoms with Crippen molar-refractivity contribution in [2.24, 2.45) is 11.8 Å². The Hall–Kier alpha value is -1.49. The van der Waals surface area contributed by atoms with Crippen LogP contribution in [0.3, 0.4) is 0 Å². The molecule has 2 bridgehead atoms. The van der Waals surface area contributed by atoms with Crippen molar-refractivity contribution in [3.8, 4) is 0 Å². The molecule has 4 aliphatic heterocycles. The minimum atomic E-state index is -0.520. The molecule has 4 saturated heterocycles. The number of hydrogen-bond donors (Lipinski definition) is 0. The number of carbonyl (C=O) groups is 1. The van der Waals surface area contributed by atoms with Gasteiger partial charge in [0.25, 0.3) is 0 Å². The second kappa shape index (κ2) is 6.29. The van der Waals surface area contributed by atoms with Crippen LogP contribution in [0.2, 0.25) is 0 Å². The first-order chi connectivity index (χ1) is 12.6. The lowest BCUT2D eigenvalue weighted by Gasteiger charge is -2.51. The van der Waals surface area contributed by atoms with E-state index >= 15 is 0 Å². The van der Waals surface area contributed by atoms with Gasteiger partial charge in [0.2, 0.25) is 5.91 Å². The molecule has 0 radical (unpaired) electrons. The monoisotopic (exact) mass is 360 g/mol. The summed E-state index contributed by atoms with van der Waals surface area (Å²) in [6, 6.07) is 4.32. The molecule has 0 N–H and O–H groups in total. The van der Waals surface area contributed by atoms with Gasteiger partial charge in [-0.05, 0) is 62.4 Å². The first kappa shape index (κ1) is 16.7. The van der Waals surface area contributed by atoms with Gasteiger partial charge in [-0.1, -0.05) is 12.8 Å². The van der Waals surface area contributed by atoms with E-state index in [-0.39, 0.29) is 23.9 Å². The van der Waals surface area contributed by atoms with Gasteiger partial charge in [-0.25, -0.2) is 8.78 Å². The van der Waals surface area contributed by atoms with E-state index in [0.717, 1.165) is 57.7 Å². The lowest BCUT2D eigenvalue weighted by molar-refractivity contribution is -0.140. The van der Waals surface area contributed by atoms with Crippen LogP contribution in [0.1, 0.15) is 50.0 Å². The fraction of sp³-hybridized carbons (Fsp3) is 0.667. The summed E-state index contributed by atoms with van der Waals surface area (Å²) in [7, 11) is 0. The molecule has 3 atom stereocenters.